The number of rotatable bonds is 0. The Morgan fingerprint density at radius 2 is 1.92 bits per heavy atom. The van der Waals surface area contributed by atoms with Gasteiger partial charge in [0.25, 0.3) is 0 Å². The predicted octanol–water partition coefficient (Wildman–Crippen LogP) is 5.70. The van der Waals surface area contributed by atoms with Crippen LogP contribution in [0.4, 0.5) is 0 Å². The van der Waals surface area contributed by atoms with Gasteiger partial charge in [-0.05, 0) is 46.6 Å². The van der Waals surface area contributed by atoms with Crippen molar-refractivity contribution in [2.45, 2.75) is 31.6 Å². The van der Waals surface area contributed by atoms with Gasteiger partial charge < -0.3 is 4.74 Å². The largest absolute Gasteiger partial charge is 0.494 e. The summed E-state index contributed by atoms with van der Waals surface area (Å²) in [6, 6.07) is 13.5. The maximum Gasteiger partial charge on any atom is 0.123 e. The van der Waals surface area contributed by atoms with Crippen molar-refractivity contribution < 1.29 is 4.74 Å². The van der Waals surface area contributed by atoms with E-state index in [1.165, 1.54) is 42.0 Å². The van der Waals surface area contributed by atoms with Gasteiger partial charge in [0.15, 0.2) is 0 Å². The Morgan fingerprint density at radius 1 is 1.00 bits per heavy atom. The molecule has 0 N–H and O–H groups in total. The van der Waals surface area contributed by atoms with E-state index in [4.69, 9.17) is 4.74 Å². The molecule has 2 atom stereocenters. The summed E-state index contributed by atoms with van der Waals surface area (Å²) < 4.78 is 4.74. The molecule has 2 unspecified atom stereocenters. The van der Waals surface area contributed by atoms with E-state index in [9.17, 15) is 0 Å². The average molecular weight is 317 g/mol. The summed E-state index contributed by atoms with van der Waals surface area (Å²) in [7, 11) is 0. The third-order valence-electron chi connectivity index (χ3n) is 5.25. The lowest BCUT2D eigenvalue weighted by atomic mass is 9.70. The maximum absolute atomic E-state index is 4.74. The van der Waals surface area contributed by atoms with Gasteiger partial charge in [-0.1, -0.05) is 61.4 Å². The zero-order valence-electron chi connectivity index (χ0n) is 13.9. The molecule has 0 saturated heterocycles. The van der Waals surface area contributed by atoms with Gasteiger partial charge in [-0.25, -0.2) is 0 Å². The number of hydrogen-bond donors (Lipinski definition) is 0. The van der Waals surface area contributed by atoms with Crippen molar-refractivity contribution in [1.82, 2.24) is 0 Å². The summed E-state index contributed by atoms with van der Waals surface area (Å²) in [5.74, 6) is 1.58. The summed E-state index contributed by atoms with van der Waals surface area (Å²) in [5.41, 5.74) is 3.08. The van der Waals surface area contributed by atoms with E-state index in [1.54, 1.807) is 24.2 Å². The van der Waals surface area contributed by atoms with Crippen molar-refractivity contribution in [3.05, 3.63) is 66.1 Å². The molecule has 2 heteroatoms. The standard InChI is InChI=1S/C18H18.C4H5NO/c1-3-7-15-13(5-1)9-11-18-16-8-4-2-6-14(16)10-12-17(15)18;1-3-6-4-2-5-1/h1,3,5,7,9-12,14,16H,2,4,6,8H2;1-3H,4H2. The fourth-order valence-electron chi connectivity index (χ4n) is 4.10. The van der Waals surface area contributed by atoms with Gasteiger partial charge in [-0.3, -0.25) is 4.99 Å². The lowest BCUT2D eigenvalue weighted by molar-refractivity contribution is 0.300. The van der Waals surface area contributed by atoms with Gasteiger partial charge in [-0.15, -0.1) is 0 Å². The minimum absolute atomic E-state index is 0.622. The first-order valence-electron chi connectivity index (χ1n) is 8.91. The molecule has 0 spiro atoms. The lowest BCUT2D eigenvalue weighted by Gasteiger charge is -2.34. The third kappa shape index (κ3) is 3.01. The highest BCUT2D eigenvalue weighted by atomic mass is 16.5. The monoisotopic (exact) mass is 317 g/mol. The average Bonchev–Trinajstić information content (AvgIpc) is 2.69. The normalized spacial score (nSPS) is 23.7. The van der Waals surface area contributed by atoms with E-state index >= 15 is 0 Å². The number of ether oxygens (including phenoxy) is 1. The van der Waals surface area contributed by atoms with Crippen LogP contribution in [-0.2, 0) is 4.74 Å². The SMILES string of the molecule is C1=CC2CCCCC2c2ccc3ccccc3c21.C1=COCC=N1. The summed E-state index contributed by atoms with van der Waals surface area (Å²) in [6.45, 7) is 0.622. The quantitative estimate of drug-likeness (QED) is 0.611. The van der Waals surface area contributed by atoms with E-state index in [1.807, 2.05) is 0 Å². The Bertz CT molecular complexity index is 791. The molecule has 2 aliphatic carbocycles. The van der Waals surface area contributed by atoms with Crippen LogP contribution >= 0.6 is 0 Å². The highest BCUT2D eigenvalue weighted by Gasteiger charge is 2.29. The molecule has 0 aromatic heterocycles. The first-order valence-corrected chi connectivity index (χ1v) is 8.91. The molecule has 0 bridgehead atoms. The second kappa shape index (κ2) is 7.04. The number of fused-ring (bicyclic) bond motifs is 5. The van der Waals surface area contributed by atoms with Gasteiger partial charge >= 0.3 is 0 Å². The van der Waals surface area contributed by atoms with E-state index in [2.05, 4.69) is 53.5 Å². The van der Waals surface area contributed by atoms with Crippen LogP contribution in [0.15, 0.2) is 59.9 Å². The summed E-state index contributed by atoms with van der Waals surface area (Å²) in [5, 5.41) is 2.80. The van der Waals surface area contributed by atoms with Crippen molar-refractivity contribution in [2.24, 2.45) is 10.9 Å². The number of benzene rings is 2. The maximum atomic E-state index is 4.74. The first-order chi connectivity index (χ1) is 11.9. The van der Waals surface area contributed by atoms with Crippen LogP contribution in [-0.4, -0.2) is 12.8 Å². The third-order valence-corrected chi connectivity index (χ3v) is 5.25. The summed E-state index contributed by atoms with van der Waals surface area (Å²) >= 11 is 0. The molecule has 122 valence electrons. The second-order valence-electron chi connectivity index (χ2n) is 6.65. The molecule has 2 aromatic carbocycles. The van der Waals surface area contributed by atoms with E-state index in [0.717, 1.165) is 11.8 Å². The molecular formula is C22H23NO. The molecule has 0 amide bonds. The highest BCUT2D eigenvalue weighted by Crippen LogP contribution is 2.44. The molecule has 2 nitrogen and oxygen atoms in total. The minimum Gasteiger partial charge on any atom is -0.494 e. The van der Waals surface area contributed by atoms with E-state index in [0.29, 0.717) is 6.61 Å². The van der Waals surface area contributed by atoms with Crippen LogP contribution in [0.5, 0.6) is 0 Å². The van der Waals surface area contributed by atoms with Crippen LogP contribution in [0.3, 0.4) is 0 Å². The Labute approximate surface area is 143 Å². The van der Waals surface area contributed by atoms with Crippen LogP contribution < -0.4 is 0 Å². The van der Waals surface area contributed by atoms with Crippen molar-refractivity contribution >= 4 is 23.1 Å². The zero-order chi connectivity index (χ0) is 16.2. The molecular weight excluding hydrogens is 294 g/mol. The molecule has 1 aliphatic heterocycles. The van der Waals surface area contributed by atoms with Gasteiger partial charge in [-0.2, -0.15) is 0 Å². The molecule has 1 saturated carbocycles. The Kier molecular flexibility index (Phi) is 4.46. The highest BCUT2D eigenvalue weighted by molar-refractivity contribution is 5.92. The minimum atomic E-state index is 0.622. The molecule has 24 heavy (non-hydrogen) atoms. The van der Waals surface area contributed by atoms with Gasteiger partial charge in [0.1, 0.15) is 12.9 Å². The zero-order valence-corrected chi connectivity index (χ0v) is 13.9. The number of allylic oxidation sites excluding steroid dienone is 1. The van der Waals surface area contributed by atoms with Crippen molar-refractivity contribution in [2.75, 3.05) is 6.61 Å². The second-order valence-corrected chi connectivity index (χ2v) is 6.65. The smallest absolute Gasteiger partial charge is 0.123 e. The number of aliphatic imine (C=N–C) groups is 1. The van der Waals surface area contributed by atoms with Gasteiger partial charge in [0, 0.05) is 6.21 Å². The lowest BCUT2D eigenvalue weighted by Crippen LogP contribution is -2.19. The topological polar surface area (TPSA) is 21.6 Å². The van der Waals surface area contributed by atoms with Gasteiger partial charge in [0.2, 0.25) is 0 Å². The fraction of sp³-hybridized carbons (Fsp3) is 0.318. The Morgan fingerprint density at radius 3 is 2.71 bits per heavy atom. The molecule has 1 fully saturated rings. The molecule has 3 aliphatic rings. The molecule has 2 aromatic rings. The van der Waals surface area contributed by atoms with Crippen molar-refractivity contribution in [1.29, 1.82) is 0 Å². The van der Waals surface area contributed by atoms with Crippen LogP contribution in [0.25, 0.3) is 16.8 Å². The predicted molar refractivity (Wildman–Crippen MR) is 101 cm³/mol. The van der Waals surface area contributed by atoms with Crippen LogP contribution in [0.2, 0.25) is 0 Å². The van der Waals surface area contributed by atoms with Gasteiger partial charge in [0.05, 0.1) is 6.20 Å². The number of hydrogen-bond acceptors (Lipinski definition) is 2. The summed E-state index contributed by atoms with van der Waals surface area (Å²) in [6.07, 6.45) is 15.3. The van der Waals surface area contributed by atoms with Crippen LogP contribution in [0, 0.1) is 5.92 Å². The first kappa shape index (κ1) is 15.2. The molecule has 5 rings (SSSR count). The van der Waals surface area contributed by atoms with Crippen molar-refractivity contribution in [3.8, 4) is 0 Å². The van der Waals surface area contributed by atoms with E-state index < -0.39 is 0 Å². The summed E-state index contributed by atoms with van der Waals surface area (Å²) in [4.78, 5) is 3.75. The Hall–Kier alpha value is -2.35. The molecule has 1 heterocycles. The number of nitrogens with zero attached hydrogens (tertiary/aromatic N) is 1. The van der Waals surface area contributed by atoms with Crippen LogP contribution in [0.1, 0.15) is 42.7 Å². The fourth-order valence-corrected chi connectivity index (χ4v) is 4.10. The Balaban J connectivity index is 0.000000207. The van der Waals surface area contributed by atoms with E-state index in [-0.39, 0.29) is 0 Å². The molecule has 0 radical (unpaired) electrons. The van der Waals surface area contributed by atoms with Crippen molar-refractivity contribution in [3.63, 3.8) is 0 Å².